The van der Waals surface area contributed by atoms with Crippen molar-refractivity contribution in [1.82, 2.24) is 9.97 Å². The summed E-state index contributed by atoms with van der Waals surface area (Å²) in [6.45, 7) is 0. The minimum Gasteiger partial charge on any atom is -0.480 e. The highest BCUT2D eigenvalue weighted by molar-refractivity contribution is 5.81. The maximum atomic E-state index is 10.7. The molecule has 0 bridgehead atoms. The van der Waals surface area contributed by atoms with Crippen molar-refractivity contribution in [2.24, 2.45) is 16.5 Å². The topological polar surface area (TPSA) is 130 Å². The molecule has 6 N–H and O–H groups in total. The monoisotopic (exact) mass is 197 g/mol. The van der Waals surface area contributed by atoms with Crippen molar-refractivity contribution in [2.75, 3.05) is 0 Å². The van der Waals surface area contributed by atoms with Gasteiger partial charge in [-0.3, -0.25) is 0 Å². The first kappa shape index (κ1) is 10.0. The zero-order valence-corrected chi connectivity index (χ0v) is 7.34. The van der Waals surface area contributed by atoms with Gasteiger partial charge in [0.25, 0.3) is 0 Å². The van der Waals surface area contributed by atoms with Crippen LogP contribution in [0.25, 0.3) is 0 Å². The van der Waals surface area contributed by atoms with Gasteiger partial charge in [-0.05, 0) is 0 Å². The number of nitrogens with two attached hydrogens (primary N) is 2. The van der Waals surface area contributed by atoms with Gasteiger partial charge in [0.15, 0.2) is 12.0 Å². The van der Waals surface area contributed by atoms with E-state index in [0.29, 0.717) is 5.69 Å². The van der Waals surface area contributed by atoms with Crippen LogP contribution < -0.4 is 11.5 Å². The van der Waals surface area contributed by atoms with Crippen LogP contribution in [0.2, 0.25) is 0 Å². The first-order chi connectivity index (χ1) is 6.59. The molecule has 76 valence electrons. The summed E-state index contributed by atoms with van der Waals surface area (Å²) < 4.78 is 0. The molecule has 0 fully saturated rings. The predicted molar refractivity (Wildman–Crippen MR) is 49.5 cm³/mol. The Labute approximate surface area is 79.9 Å². The number of imidazole rings is 1. The van der Waals surface area contributed by atoms with Crippen LogP contribution in [0.15, 0.2) is 17.5 Å². The van der Waals surface area contributed by atoms with E-state index in [1.807, 2.05) is 0 Å². The molecule has 0 radical (unpaired) electrons. The van der Waals surface area contributed by atoms with E-state index < -0.39 is 12.0 Å². The minimum atomic E-state index is -1.08. The van der Waals surface area contributed by atoms with Crippen LogP contribution in [-0.4, -0.2) is 33.0 Å². The fraction of sp³-hybridized carbons (Fsp3) is 0.286. The molecule has 1 unspecified atom stereocenters. The second-order valence-electron chi connectivity index (χ2n) is 2.69. The van der Waals surface area contributed by atoms with Gasteiger partial charge >= 0.3 is 5.97 Å². The predicted octanol–water partition coefficient (Wildman–Crippen LogP) is -1.32. The minimum absolute atomic E-state index is 0.188. The highest BCUT2D eigenvalue weighted by atomic mass is 16.4. The Kier molecular flexibility index (Phi) is 3.05. The standard InChI is InChI=1S/C7H11N5O2/c8-7(9)12-5(6(13)14)1-4-2-10-3-11-4/h2-3,5H,1H2,(H,10,11)(H,13,14)(H4,8,9,12). The molecular formula is C7H11N5O2. The third kappa shape index (κ3) is 2.77. The molecule has 14 heavy (non-hydrogen) atoms. The number of aromatic nitrogens is 2. The van der Waals surface area contributed by atoms with Crippen LogP contribution in [0.3, 0.4) is 0 Å². The number of carboxylic acids is 1. The van der Waals surface area contributed by atoms with Crippen LogP contribution in [0.5, 0.6) is 0 Å². The largest absolute Gasteiger partial charge is 0.480 e. The molecule has 0 amide bonds. The molecule has 0 spiro atoms. The molecule has 1 aromatic heterocycles. The van der Waals surface area contributed by atoms with Gasteiger partial charge in [-0.25, -0.2) is 14.8 Å². The van der Waals surface area contributed by atoms with Crippen LogP contribution in [-0.2, 0) is 11.2 Å². The van der Waals surface area contributed by atoms with Gasteiger partial charge in [-0.15, -0.1) is 0 Å². The third-order valence-electron chi connectivity index (χ3n) is 1.56. The smallest absolute Gasteiger partial charge is 0.328 e. The number of hydrogen-bond donors (Lipinski definition) is 4. The first-order valence-corrected chi connectivity index (χ1v) is 3.88. The van der Waals surface area contributed by atoms with Crippen molar-refractivity contribution >= 4 is 11.9 Å². The molecule has 0 aliphatic heterocycles. The van der Waals surface area contributed by atoms with Crippen LogP contribution in [0, 0.1) is 0 Å². The number of rotatable bonds is 4. The van der Waals surface area contributed by atoms with Gasteiger partial charge in [-0.1, -0.05) is 0 Å². The van der Waals surface area contributed by atoms with Crippen LogP contribution in [0.1, 0.15) is 5.69 Å². The molecule has 1 atom stereocenters. The Morgan fingerprint density at radius 2 is 2.43 bits per heavy atom. The Bertz CT molecular complexity index is 328. The van der Waals surface area contributed by atoms with E-state index in [0.717, 1.165) is 0 Å². The summed E-state index contributed by atoms with van der Waals surface area (Å²) in [7, 11) is 0. The molecule has 1 rings (SSSR count). The molecule has 7 nitrogen and oxygen atoms in total. The van der Waals surface area contributed by atoms with Gasteiger partial charge in [0, 0.05) is 18.3 Å². The summed E-state index contributed by atoms with van der Waals surface area (Å²) in [4.78, 5) is 20.8. The molecule has 7 heteroatoms. The summed E-state index contributed by atoms with van der Waals surface area (Å²) in [5.41, 5.74) is 10.9. The van der Waals surface area contributed by atoms with Gasteiger partial charge in [0.2, 0.25) is 0 Å². The Morgan fingerprint density at radius 1 is 1.71 bits per heavy atom. The molecule has 0 aliphatic rings. The average Bonchev–Trinajstić information content (AvgIpc) is 2.54. The number of nitrogens with zero attached hydrogens (tertiary/aromatic N) is 2. The molecule has 0 aromatic carbocycles. The van der Waals surface area contributed by atoms with E-state index in [9.17, 15) is 4.79 Å². The van der Waals surface area contributed by atoms with E-state index in [2.05, 4.69) is 15.0 Å². The number of H-pyrrole nitrogens is 1. The molecule has 1 aromatic rings. The molecule has 0 aliphatic carbocycles. The Hall–Kier alpha value is -2.05. The second-order valence-corrected chi connectivity index (χ2v) is 2.69. The number of carbonyl (C=O) groups is 1. The van der Waals surface area contributed by atoms with E-state index >= 15 is 0 Å². The summed E-state index contributed by atoms with van der Waals surface area (Å²) >= 11 is 0. The van der Waals surface area contributed by atoms with Gasteiger partial charge in [-0.2, -0.15) is 0 Å². The van der Waals surface area contributed by atoms with E-state index in [-0.39, 0.29) is 12.4 Å². The normalized spacial score (nSPS) is 12.0. The number of aliphatic carboxylic acids is 1. The third-order valence-corrected chi connectivity index (χ3v) is 1.56. The van der Waals surface area contributed by atoms with E-state index in [4.69, 9.17) is 16.6 Å². The summed E-state index contributed by atoms with van der Waals surface area (Å²) in [6.07, 6.45) is 3.18. The van der Waals surface area contributed by atoms with Crippen molar-refractivity contribution in [2.45, 2.75) is 12.5 Å². The lowest BCUT2D eigenvalue weighted by atomic mass is 10.2. The molecule has 1 heterocycles. The van der Waals surface area contributed by atoms with Gasteiger partial charge < -0.3 is 21.6 Å². The van der Waals surface area contributed by atoms with Gasteiger partial charge in [0.1, 0.15) is 0 Å². The second kappa shape index (κ2) is 4.26. The lowest BCUT2D eigenvalue weighted by Crippen LogP contribution is -2.30. The first-order valence-electron chi connectivity index (χ1n) is 3.88. The van der Waals surface area contributed by atoms with Crippen molar-refractivity contribution in [1.29, 1.82) is 0 Å². The summed E-state index contributed by atoms with van der Waals surface area (Å²) in [5.74, 6) is -1.31. The number of aliphatic imine (C=N–C) groups is 1. The van der Waals surface area contributed by atoms with Gasteiger partial charge in [0.05, 0.1) is 6.33 Å². The molecule has 0 saturated heterocycles. The highest BCUT2D eigenvalue weighted by Crippen LogP contribution is 2.02. The number of nitrogens with one attached hydrogen (secondary N) is 1. The molecular weight excluding hydrogens is 186 g/mol. The van der Waals surface area contributed by atoms with Crippen LogP contribution in [0.4, 0.5) is 0 Å². The van der Waals surface area contributed by atoms with Crippen molar-refractivity contribution < 1.29 is 9.90 Å². The van der Waals surface area contributed by atoms with Crippen LogP contribution >= 0.6 is 0 Å². The van der Waals surface area contributed by atoms with Crippen molar-refractivity contribution in [3.8, 4) is 0 Å². The van der Waals surface area contributed by atoms with Crippen molar-refractivity contribution in [3.05, 3.63) is 18.2 Å². The zero-order valence-electron chi connectivity index (χ0n) is 7.34. The maximum absolute atomic E-state index is 10.7. The number of aromatic amines is 1. The fourth-order valence-corrected chi connectivity index (χ4v) is 0.973. The Morgan fingerprint density at radius 3 is 2.86 bits per heavy atom. The number of guanidine groups is 1. The number of hydrogen-bond acceptors (Lipinski definition) is 3. The SMILES string of the molecule is NC(N)=NC(Cc1cnc[nH]1)C(=O)O. The highest BCUT2D eigenvalue weighted by Gasteiger charge is 2.17. The maximum Gasteiger partial charge on any atom is 0.328 e. The lowest BCUT2D eigenvalue weighted by molar-refractivity contribution is -0.138. The molecule has 0 saturated carbocycles. The summed E-state index contributed by atoms with van der Waals surface area (Å²) in [6, 6.07) is -0.972. The van der Waals surface area contributed by atoms with E-state index in [1.165, 1.54) is 12.5 Å². The quantitative estimate of drug-likeness (QED) is 0.351. The van der Waals surface area contributed by atoms with E-state index in [1.54, 1.807) is 0 Å². The Balaban J connectivity index is 2.71. The average molecular weight is 197 g/mol. The summed E-state index contributed by atoms with van der Waals surface area (Å²) in [5, 5.41) is 8.77. The fourth-order valence-electron chi connectivity index (χ4n) is 0.973. The lowest BCUT2D eigenvalue weighted by Gasteiger charge is -2.05. The number of carboxylic acid groups (broad SMARTS) is 1. The zero-order chi connectivity index (χ0) is 10.6. The van der Waals surface area contributed by atoms with Crippen molar-refractivity contribution in [3.63, 3.8) is 0 Å².